The van der Waals surface area contributed by atoms with E-state index in [9.17, 15) is 14.4 Å². The molecule has 6 nitrogen and oxygen atoms in total. The van der Waals surface area contributed by atoms with Gasteiger partial charge in [-0.1, -0.05) is 12.1 Å². The summed E-state index contributed by atoms with van der Waals surface area (Å²) >= 11 is 0. The second-order valence-corrected chi connectivity index (χ2v) is 4.40. The van der Waals surface area contributed by atoms with E-state index in [1.807, 2.05) is 0 Å². The van der Waals surface area contributed by atoms with Gasteiger partial charge in [-0.3, -0.25) is 19.5 Å². The van der Waals surface area contributed by atoms with Gasteiger partial charge >= 0.3 is 5.97 Å². The molecule has 1 aliphatic rings. The number of hydrogen-bond acceptors (Lipinski definition) is 5. The molecule has 0 atom stereocenters. The third kappa shape index (κ3) is 2.38. The highest BCUT2D eigenvalue weighted by Crippen LogP contribution is 2.22. The second kappa shape index (κ2) is 5.16. The zero-order valence-electron chi connectivity index (χ0n) is 10.9. The predicted molar refractivity (Wildman–Crippen MR) is 71.7 cm³/mol. The van der Waals surface area contributed by atoms with Gasteiger partial charge in [0, 0.05) is 6.20 Å². The molecule has 0 radical (unpaired) electrons. The van der Waals surface area contributed by atoms with E-state index in [1.165, 1.54) is 6.20 Å². The van der Waals surface area contributed by atoms with Gasteiger partial charge in [-0.25, -0.2) is 4.79 Å². The molecule has 0 N–H and O–H groups in total. The van der Waals surface area contributed by atoms with Crippen molar-refractivity contribution in [2.24, 2.45) is 0 Å². The van der Waals surface area contributed by atoms with Crippen LogP contribution in [0.1, 0.15) is 20.7 Å². The van der Waals surface area contributed by atoms with Crippen LogP contribution in [0.15, 0.2) is 48.8 Å². The number of amides is 2. The van der Waals surface area contributed by atoms with Crippen LogP contribution in [0.2, 0.25) is 0 Å². The van der Waals surface area contributed by atoms with Gasteiger partial charge in [-0.15, -0.1) is 0 Å². The van der Waals surface area contributed by atoms with Crippen LogP contribution in [-0.2, 0) is 4.79 Å². The standard InChI is InChI=1S/C15H10N2O4/c18-13(21-10-4-3-7-16-8-10)9-17-14(19)11-5-1-2-6-12(11)15(17)20/h1-8H,9H2. The van der Waals surface area contributed by atoms with Gasteiger partial charge < -0.3 is 4.74 Å². The lowest BCUT2D eigenvalue weighted by Gasteiger charge is -2.12. The minimum atomic E-state index is -0.697. The van der Waals surface area contributed by atoms with Gasteiger partial charge in [-0.2, -0.15) is 0 Å². The van der Waals surface area contributed by atoms with Crippen LogP contribution in [-0.4, -0.2) is 34.2 Å². The van der Waals surface area contributed by atoms with Crippen molar-refractivity contribution >= 4 is 17.8 Å². The van der Waals surface area contributed by atoms with Crippen LogP contribution in [0.4, 0.5) is 0 Å². The molecule has 21 heavy (non-hydrogen) atoms. The summed E-state index contributed by atoms with van der Waals surface area (Å²) in [7, 11) is 0. The average Bonchev–Trinajstić information content (AvgIpc) is 2.74. The maximum absolute atomic E-state index is 12.1. The first kappa shape index (κ1) is 13.0. The average molecular weight is 282 g/mol. The molecule has 2 amide bonds. The Labute approximate surface area is 120 Å². The number of carbonyl (C=O) groups excluding carboxylic acids is 3. The van der Waals surface area contributed by atoms with Crippen LogP contribution in [0.25, 0.3) is 0 Å². The molecule has 6 heteroatoms. The Kier molecular flexibility index (Phi) is 3.19. The SMILES string of the molecule is O=C(CN1C(=O)c2ccccc2C1=O)Oc1cccnc1. The van der Waals surface area contributed by atoms with E-state index in [0.29, 0.717) is 11.1 Å². The molecule has 0 bridgehead atoms. The molecule has 1 aromatic carbocycles. The molecule has 0 aliphatic carbocycles. The van der Waals surface area contributed by atoms with Crippen molar-refractivity contribution in [3.63, 3.8) is 0 Å². The number of aromatic nitrogens is 1. The fraction of sp³-hybridized carbons (Fsp3) is 0.0667. The van der Waals surface area contributed by atoms with E-state index < -0.39 is 24.3 Å². The van der Waals surface area contributed by atoms with Crippen LogP contribution in [0.3, 0.4) is 0 Å². The number of nitrogens with zero attached hydrogens (tertiary/aromatic N) is 2. The lowest BCUT2D eigenvalue weighted by Crippen LogP contribution is -2.36. The number of rotatable bonds is 3. The van der Waals surface area contributed by atoms with Crippen LogP contribution in [0.5, 0.6) is 5.75 Å². The van der Waals surface area contributed by atoms with Crippen molar-refractivity contribution in [3.8, 4) is 5.75 Å². The Hall–Kier alpha value is -3.02. The van der Waals surface area contributed by atoms with E-state index >= 15 is 0 Å². The number of benzene rings is 1. The van der Waals surface area contributed by atoms with Crippen molar-refractivity contribution < 1.29 is 19.1 Å². The van der Waals surface area contributed by atoms with E-state index in [4.69, 9.17) is 4.74 Å². The number of esters is 1. The molecule has 1 aliphatic heterocycles. The number of hydrogen-bond donors (Lipinski definition) is 0. The topological polar surface area (TPSA) is 76.6 Å². The molecule has 0 saturated carbocycles. The largest absolute Gasteiger partial charge is 0.424 e. The molecule has 0 saturated heterocycles. The molecule has 1 aromatic heterocycles. The van der Waals surface area contributed by atoms with E-state index in [-0.39, 0.29) is 5.75 Å². The van der Waals surface area contributed by atoms with Crippen molar-refractivity contribution in [1.82, 2.24) is 9.88 Å². The predicted octanol–water partition coefficient (Wildman–Crippen LogP) is 1.28. The zero-order chi connectivity index (χ0) is 14.8. The Morgan fingerprint density at radius 2 is 1.71 bits per heavy atom. The number of ether oxygens (including phenoxy) is 1. The first-order valence-electron chi connectivity index (χ1n) is 6.23. The van der Waals surface area contributed by atoms with Gasteiger partial charge in [-0.05, 0) is 24.3 Å². The minimum Gasteiger partial charge on any atom is -0.424 e. The molecule has 2 aromatic rings. The summed E-state index contributed by atoms with van der Waals surface area (Å²) in [5.41, 5.74) is 0.605. The summed E-state index contributed by atoms with van der Waals surface area (Å²) in [6.07, 6.45) is 2.92. The summed E-state index contributed by atoms with van der Waals surface area (Å²) in [6, 6.07) is 9.63. The molecule has 0 fully saturated rings. The molecule has 0 spiro atoms. The normalized spacial score (nSPS) is 13.2. The molecule has 2 heterocycles. The maximum Gasteiger partial charge on any atom is 0.331 e. The van der Waals surface area contributed by atoms with E-state index in [0.717, 1.165) is 4.90 Å². The van der Waals surface area contributed by atoms with Crippen molar-refractivity contribution in [1.29, 1.82) is 0 Å². The first-order chi connectivity index (χ1) is 10.2. The number of imide groups is 1. The number of pyridine rings is 1. The summed E-state index contributed by atoms with van der Waals surface area (Å²) < 4.78 is 5.02. The lowest BCUT2D eigenvalue weighted by atomic mass is 10.1. The summed E-state index contributed by atoms with van der Waals surface area (Å²) in [4.78, 5) is 40.7. The third-order valence-electron chi connectivity index (χ3n) is 3.03. The fourth-order valence-electron chi connectivity index (χ4n) is 2.08. The minimum absolute atomic E-state index is 0.263. The Morgan fingerprint density at radius 1 is 1.05 bits per heavy atom. The molecule has 104 valence electrons. The number of fused-ring (bicyclic) bond motifs is 1. The highest BCUT2D eigenvalue weighted by molar-refractivity contribution is 6.22. The highest BCUT2D eigenvalue weighted by atomic mass is 16.5. The molecule has 3 rings (SSSR count). The van der Waals surface area contributed by atoms with Crippen LogP contribution in [0, 0.1) is 0 Å². The van der Waals surface area contributed by atoms with Crippen LogP contribution < -0.4 is 4.74 Å². The van der Waals surface area contributed by atoms with Gasteiger partial charge in [0.2, 0.25) is 0 Å². The van der Waals surface area contributed by atoms with E-state index in [1.54, 1.807) is 42.6 Å². The van der Waals surface area contributed by atoms with Gasteiger partial charge in [0.1, 0.15) is 12.3 Å². The van der Waals surface area contributed by atoms with Gasteiger partial charge in [0.25, 0.3) is 11.8 Å². The molecule has 0 unspecified atom stereocenters. The Morgan fingerprint density at radius 3 is 2.29 bits per heavy atom. The Bertz CT molecular complexity index is 692. The van der Waals surface area contributed by atoms with Gasteiger partial charge in [0.15, 0.2) is 0 Å². The van der Waals surface area contributed by atoms with Gasteiger partial charge in [0.05, 0.1) is 17.3 Å². The van der Waals surface area contributed by atoms with Crippen LogP contribution >= 0.6 is 0 Å². The Balaban J connectivity index is 1.73. The summed E-state index contributed by atoms with van der Waals surface area (Å²) in [5.74, 6) is -1.41. The fourth-order valence-corrected chi connectivity index (χ4v) is 2.08. The summed E-state index contributed by atoms with van der Waals surface area (Å²) in [5, 5.41) is 0. The lowest BCUT2D eigenvalue weighted by molar-refractivity contribution is -0.134. The maximum atomic E-state index is 12.1. The van der Waals surface area contributed by atoms with Crippen molar-refractivity contribution in [2.45, 2.75) is 0 Å². The molecular formula is C15H10N2O4. The highest BCUT2D eigenvalue weighted by Gasteiger charge is 2.36. The molecular weight excluding hydrogens is 272 g/mol. The third-order valence-corrected chi connectivity index (χ3v) is 3.03. The monoisotopic (exact) mass is 282 g/mol. The second-order valence-electron chi connectivity index (χ2n) is 4.40. The van der Waals surface area contributed by atoms with Crippen molar-refractivity contribution in [3.05, 3.63) is 59.9 Å². The smallest absolute Gasteiger partial charge is 0.331 e. The summed E-state index contributed by atoms with van der Waals surface area (Å²) in [6.45, 7) is -0.429. The number of carbonyl (C=O) groups is 3. The van der Waals surface area contributed by atoms with Crippen molar-refractivity contribution in [2.75, 3.05) is 6.54 Å². The zero-order valence-corrected chi connectivity index (χ0v) is 10.9. The van der Waals surface area contributed by atoms with E-state index in [2.05, 4.69) is 4.98 Å². The first-order valence-corrected chi connectivity index (χ1v) is 6.23. The quantitative estimate of drug-likeness (QED) is 0.626.